The summed E-state index contributed by atoms with van der Waals surface area (Å²) in [6, 6.07) is 35.4. The van der Waals surface area contributed by atoms with Gasteiger partial charge in [0.1, 0.15) is 18.1 Å². The molecule has 1 aliphatic rings. The molecule has 7 nitrogen and oxygen atoms in total. The van der Waals surface area contributed by atoms with E-state index in [0.717, 1.165) is 39.3 Å². The number of hydrogen-bond donors (Lipinski definition) is 1. The summed E-state index contributed by atoms with van der Waals surface area (Å²) >= 11 is 0. The summed E-state index contributed by atoms with van der Waals surface area (Å²) in [5.41, 5.74) is 4.83. The van der Waals surface area contributed by atoms with Crippen molar-refractivity contribution < 1.29 is 23.8 Å². The Hall–Kier alpha value is -4.88. The van der Waals surface area contributed by atoms with E-state index in [2.05, 4.69) is 12.1 Å². The fourth-order valence-corrected chi connectivity index (χ4v) is 5.69. The second kappa shape index (κ2) is 12.5. The molecule has 0 radical (unpaired) electrons. The Morgan fingerprint density at radius 2 is 1.47 bits per heavy atom. The lowest BCUT2D eigenvalue weighted by atomic mass is 9.72. The number of ether oxygens (including phenoxy) is 2. The largest absolute Gasteiger partial charge is 0.497 e. The molecule has 1 saturated heterocycles. The van der Waals surface area contributed by atoms with E-state index in [1.54, 1.807) is 12.0 Å². The monoisotopic (exact) mass is 574 g/mol. The second-order valence-electron chi connectivity index (χ2n) is 10.8. The zero-order chi connectivity index (χ0) is 29.6. The van der Waals surface area contributed by atoms with Crippen molar-refractivity contribution in [2.75, 3.05) is 20.2 Å². The molecule has 0 spiro atoms. The highest BCUT2D eigenvalue weighted by molar-refractivity contribution is 5.77. The normalized spacial score (nSPS) is 14.3. The van der Waals surface area contributed by atoms with E-state index in [-0.39, 0.29) is 19.3 Å². The van der Waals surface area contributed by atoms with Crippen molar-refractivity contribution >= 4 is 6.09 Å². The number of carbonyl (C=O) groups excluding carboxylic acids is 1. The Kier molecular flexibility index (Phi) is 8.24. The lowest BCUT2D eigenvalue weighted by Crippen LogP contribution is -2.46. The maximum Gasteiger partial charge on any atom is 0.410 e. The standard InChI is InChI=1S/C36H34N2O5/c1-41-31-18-16-28(17-19-31)32-33(29-14-12-26(24-39)13-15-29)43-34(37-32)36(30-10-6-3-7-11-30)20-22-38(23-21-36)35(40)42-25-27-8-4-2-5-9-27/h2-19,39H,20-25H2,1H3. The van der Waals surface area contributed by atoms with Crippen LogP contribution in [0.3, 0.4) is 0 Å². The highest BCUT2D eigenvalue weighted by Crippen LogP contribution is 2.45. The SMILES string of the molecule is COc1ccc(-c2nc(C3(c4ccccc4)CCN(C(=O)OCc4ccccc4)CC3)oc2-c2ccc(CO)cc2)cc1. The van der Waals surface area contributed by atoms with Gasteiger partial charge in [-0.1, -0.05) is 84.9 Å². The molecule has 7 heteroatoms. The quantitative estimate of drug-likeness (QED) is 0.211. The molecule has 1 fully saturated rings. The predicted molar refractivity (Wildman–Crippen MR) is 165 cm³/mol. The molecule has 0 unspecified atom stereocenters. The molecule has 5 aromatic rings. The number of oxazole rings is 1. The molecule has 0 saturated carbocycles. The fraction of sp³-hybridized carbons (Fsp3) is 0.222. The van der Waals surface area contributed by atoms with Gasteiger partial charge >= 0.3 is 6.09 Å². The summed E-state index contributed by atoms with van der Waals surface area (Å²) in [7, 11) is 1.64. The molecule has 1 amide bonds. The Balaban J connectivity index is 1.35. The number of likely N-dealkylation sites (tertiary alicyclic amines) is 1. The van der Waals surface area contributed by atoms with Crippen LogP contribution in [0.15, 0.2) is 114 Å². The molecule has 1 aliphatic heterocycles. The first-order valence-corrected chi connectivity index (χ1v) is 14.5. The maximum absolute atomic E-state index is 13.0. The van der Waals surface area contributed by atoms with Crippen molar-refractivity contribution in [3.63, 3.8) is 0 Å². The molecule has 1 aromatic heterocycles. The van der Waals surface area contributed by atoms with Crippen LogP contribution in [0.4, 0.5) is 4.79 Å². The molecule has 1 N–H and O–H groups in total. The predicted octanol–water partition coefficient (Wildman–Crippen LogP) is 7.23. The zero-order valence-electron chi connectivity index (χ0n) is 24.1. The van der Waals surface area contributed by atoms with Gasteiger partial charge < -0.3 is 23.9 Å². The molecule has 2 heterocycles. The number of methoxy groups -OCH3 is 1. The molecule has 218 valence electrons. The van der Waals surface area contributed by atoms with Gasteiger partial charge in [-0.25, -0.2) is 9.78 Å². The first kappa shape index (κ1) is 28.2. The van der Waals surface area contributed by atoms with E-state index in [9.17, 15) is 9.90 Å². The Morgan fingerprint density at radius 3 is 2.09 bits per heavy atom. The van der Waals surface area contributed by atoms with Gasteiger partial charge in [-0.05, 0) is 53.8 Å². The first-order valence-electron chi connectivity index (χ1n) is 14.5. The lowest BCUT2D eigenvalue weighted by Gasteiger charge is -2.39. The number of rotatable bonds is 8. The van der Waals surface area contributed by atoms with E-state index >= 15 is 0 Å². The average molecular weight is 575 g/mol. The number of hydrogen-bond acceptors (Lipinski definition) is 6. The van der Waals surface area contributed by atoms with Crippen LogP contribution in [0.1, 0.15) is 35.4 Å². The van der Waals surface area contributed by atoms with Crippen LogP contribution in [0.25, 0.3) is 22.6 Å². The number of piperidine rings is 1. The van der Waals surface area contributed by atoms with Crippen molar-refractivity contribution in [1.29, 1.82) is 0 Å². The van der Waals surface area contributed by atoms with Crippen molar-refractivity contribution in [1.82, 2.24) is 9.88 Å². The van der Waals surface area contributed by atoms with Crippen LogP contribution in [-0.4, -0.2) is 41.3 Å². The third kappa shape index (κ3) is 5.90. The molecule has 4 aromatic carbocycles. The van der Waals surface area contributed by atoms with Gasteiger partial charge in [0.2, 0.25) is 5.89 Å². The van der Waals surface area contributed by atoms with Crippen molar-refractivity contribution in [2.45, 2.75) is 31.5 Å². The fourth-order valence-electron chi connectivity index (χ4n) is 5.69. The van der Waals surface area contributed by atoms with Gasteiger partial charge in [0.25, 0.3) is 0 Å². The third-order valence-electron chi connectivity index (χ3n) is 8.21. The van der Waals surface area contributed by atoms with Gasteiger partial charge in [-0.15, -0.1) is 0 Å². The van der Waals surface area contributed by atoms with E-state index in [1.807, 2.05) is 97.1 Å². The van der Waals surface area contributed by atoms with Crippen LogP contribution in [0, 0.1) is 0 Å². The van der Waals surface area contributed by atoms with Crippen molar-refractivity contribution in [3.8, 4) is 28.3 Å². The van der Waals surface area contributed by atoms with E-state index in [0.29, 0.717) is 37.6 Å². The Labute approximate surface area is 251 Å². The van der Waals surface area contributed by atoms with E-state index < -0.39 is 5.41 Å². The smallest absolute Gasteiger partial charge is 0.410 e. The molecule has 43 heavy (non-hydrogen) atoms. The number of aliphatic hydroxyl groups excluding tert-OH is 1. The summed E-state index contributed by atoms with van der Waals surface area (Å²) in [6.07, 6.45) is 0.938. The molecule has 0 atom stereocenters. The number of aliphatic hydroxyl groups is 1. The number of carbonyl (C=O) groups is 1. The number of amides is 1. The van der Waals surface area contributed by atoms with Crippen LogP contribution in [-0.2, 0) is 23.4 Å². The minimum Gasteiger partial charge on any atom is -0.497 e. The van der Waals surface area contributed by atoms with Gasteiger partial charge in [0, 0.05) is 24.2 Å². The molecule has 0 aliphatic carbocycles. The lowest BCUT2D eigenvalue weighted by molar-refractivity contribution is 0.0785. The Bertz CT molecular complexity index is 1580. The van der Waals surface area contributed by atoms with Gasteiger partial charge in [0.15, 0.2) is 5.76 Å². The summed E-state index contributed by atoms with van der Waals surface area (Å²) in [4.78, 5) is 20.0. The highest BCUT2D eigenvalue weighted by atomic mass is 16.6. The maximum atomic E-state index is 13.0. The molecular formula is C36H34N2O5. The summed E-state index contributed by atoms with van der Waals surface area (Å²) in [5.74, 6) is 2.03. The van der Waals surface area contributed by atoms with Gasteiger partial charge in [-0.3, -0.25) is 0 Å². The van der Waals surface area contributed by atoms with Crippen LogP contribution in [0.5, 0.6) is 5.75 Å². The number of aromatic nitrogens is 1. The average Bonchev–Trinajstić information content (AvgIpc) is 3.54. The minimum absolute atomic E-state index is 0.0331. The molecular weight excluding hydrogens is 540 g/mol. The number of benzene rings is 4. The van der Waals surface area contributed by atoms with E-state index in [4.69, 9.17) is 18.9 Å². The van der Waals surface area contributed by atoms with Gasteiger partial charge in [-0.2, -0.15) is 0 Å². The highest BCUT2D eigenvalue weighted by Gasteiger charge is 2.44. The summed E-state index contributed by atoms with van der Waals surface area (Å²) in [6.45, 7) is 1.21. The third-order valence-corrected chi connectivity index (χ3v) is 8.21. The zero-order valence-corrected chi connectivity index (χ0v) is 24.1. The first-order chi connectivity index (χ1) is 21.1. The van der Waals surface area contributed by atoms with E-state index in [1.165, 1.54) is 0 Å². The molecule has 6 rings (SSSR count). The van der Waals surface area contributed by atoms with Crippen molar-refractivity contribution in [2.24, 2.45) is 0 Å². The van der Waals surface area contributed by atoms with Crippen molar-refractivity contribution in [3.05, 3.63) is 132 Å². The molecule has 0 bridgehead atoms. The van der Waals surface area contributed by atoms with Crippen LogP contribution >= 0.6 is 0 Å². The van der Waals surface area contributed by atoms with Gasteiger partial charge in [0.05, 0.1) is 19.1 Å². The Morgan fingerprint density at radius 1 is 0.837 bits per heavy atom. The topological polar surface area (TPSA) is 85.0 Å². The van der Waals surface area contributed by atoms with Crippen LogP contribution in [0.2, 0.25) is 0 Å². The summed E-state index contributed by atoms with van der Waals surface area (Å²) in [5, 5.41) is 9.58. The number of nitrogens with zero attached hydrogens (tertiary/aromatic N) is 2. The summed E-state index contributed by atoms with van der Waals surface area (Å²) < 4.78 is 17.8. The second-order valence-corrected chi connectivity index (χ2v) is 10.8. The van der Waals surface area contributed by atoms with Crippen LogP contribution < -0.4 is 4.74 Å². The minimum atomic E-state index is -0.540.